The van der Waals surface area contributed by atoms with Crippen LogP contribution in [0.3, 0.4) is 0 Å². The number of benzene rings is 1. The van der Waals surface area contributed by atoms with Gasteiger partial charge in [-0.2, -0.15) is 0 Å². The molecule has 0 aliphatic carbocycles. The number of thiophene rings is 2. The summed E-state index contributed by atoms with van der Waals surface area (Å²) in [5.74, 6) is 0. The fourth-order valence-electron chi connectivity index (χ4n) is 2.11. The van der Waals surface area contributed by atoms with Gasteiger partial charge in [0.25, 0.3) is 0 Å². The van der Waals surface area contributed by atoms with Crippen LogP contribution in [0, 0.1) is 3.57 Å². The van der Waals surface area contributed by atoms with E-state index in [0.717, 1.165) is 6.42 Å². The molecule has 0 amide bonds. The fraction of sp³-hybridized carbons (Fsp3) is 0.125. The number of hydrogen-bond donors (Lipinski definition) is 1. The van der Waals surface area contributed by atoms with Gasteiger partial charge in [-0.05, 0) is 57.6 Å². The molecule has 4 heteroatoms. The lowest BCUT2D eigenvalue weighted by Crippen LogP contribution is -2.12. The second-order valence-corrected chi connectivity index (χ2v) is 7.65. The third-order valence-corrected chi connectivity index (χ3v) is 5.90. The van der Waals surface area contributed by atoms with Crippen LogP contribution in [-0.2, 0) is 6.42 Å². The Bertz CT molecular complexity index is 647. The smallest absolute Gasteiger partial charge is 0.0655 e. The molecular weight excluding hydrogens is 397 g/mol. The number of halogens is 1. The van der Waals surface area contributed by atoms with Gasteiger partial charge in [-0.25, -0.2) is 0 Å². The van der Waals surface area contributed by atoms with Crippen molar-refractivity contribution in [3.8, 4) is 0 Å². The van der Waals surface area contributed by atoms with E-state index in [0.29, 0.717) is 6.04 Å². The summed E-state index contributed by atoms with van der Waals surface area (Å²) in [5, 5.41) is 7.99. The molecule has 1 atom stereocenters. The summed E-state index contributed by atoms with van der Waals surface area (Å²) >= 11 is 6.03. The lowest BCUT2D eigenvalue weighted by atomic mass is 10.1. The lowest BCUT2D eigenvalue weighted by Gasteiger charge is -2.19. The highest BCUT2D eigenvalue weighted by molar-refractivity contribution is 14.1. The van der Waals surface area contributed by atoms with Crippen molar-refractivity contribution in [1.82, 2.24) is 0 Å². The Morgan fingerprint density at radius 2 is 1.75 bits per heavy atom. The molecule has 0 fully saturated rings. The van der Waals surface area contributed by atoms with Gasteiger partial charge in [0.05, 0.1) is 6.04 Å². The highest BCUT2D eigenvalue weighted by Crippen LogP contribution is 2.30. The van der Waals surface area contributed by atoms with Gasteiger partial charge in [0.1, 0.15) is 0 Å². The summed E-state index contributed by atoms with van der Waals surface area (Å²) in [5.41, 5.74) is 1.21. The van der Waals surface area contributed by atoms with Crippen LogP contribution in [0.2, 0.25) is 0 Å². The van der Waals surface area contributed by atoms with Crippen molar-refractivity contribution in [2.75, 3.05) is 5.32 Å². The third-order valence-electron chi connectivity index (χ3n) is 3.08. The van der Waals surface area contributed by atoms with Gasteiger partial charge in [0.15, 0.2) is 0 Å². The number of nitrogens with one attached hydrogen (secondary N) is 1. The molecule has 0 aliphatic rings. The van der Waals surface area contributed by atoms with E-state index in [2.05, 4.69) is 87.2 Å². The van der Waals surface area contributed by atoms with Crippen LogP contribution in [-0.4, -0.2) is 0 Å². The Hall–Kier alpha value is -0.850. The lowest BCUT2D eigenvalue weighted by molar-refractivity contribution is 0.801. The first-order valence-electron chi connectivity index (χ1n) is 6.40. The van der Waals surface area contributed by atoms with Crippen molar-refractivity contribution < 1.29 is 0 Å². The first kappa shape index (κ1) is 14.1. The molecule has 1 aromatic carbocycles. The molecule has 3 aromatic rings. The van der Waals surface area contributed by atoms with Gasteiger partial charge in [-0.1, -0.05) is 24.3 Å². The normalized spacial score (nSPS) is 12.2. The topological polar surface area (TPSA) is 12.0 Å². The van der Waals surface area contributed by atoms with Crippen molar-refractivity contribution in [3.05, 3.63) is 72.6 Å². The van der Waals surface area contributed by atoms with Crippen LogP contribution in [0.5, 0.6) is 0 Å². The van der Waals surface area contributed by atoms with Crippen LogP contribution in [0.15, 0.2) is 59.3 Å². The maximum atomic E-state index is 3.70. The zero-order chi connectivity index (χ0) is 13.8. The molecule has 1 nitrogen and oxygen atoms in total. The molecule has 0 aliphatic heterocycles. The zero-order valence-electron chi connectivity index (χ0n) is 10.8. The second kappa shape index (κ2) is 6.74. The van der Waals surface area contributed by atoms with Crippen molar-refractivity contribution in [1.29, 1.82) is 0 Å². The summed E-state index contributed by atoms with van der Waals surface area (Å²) in [7, 11) is 0. The summed E-state index contributed by atoms with van der Waals surface area (Å²) in [4.78, 5) is 2.81. The summed E-state index contributed by atoms with van der Waals surface area (Å²) in [6.07, 6.45) is 1.03. The molecular formula is C16H14INS2. The molecule has 1 N–H and O–H groups in total. The monoisotopic (exact) mass is 411 g/mol. The third kappa shape index (κ3) is 3.42. The van der Waals surface area contributed by atoms with Gasteiger partial charge in [-0.15, -0.1) is 22.7 Å². The first-order valence-corrected chi connectivity index (χ1v) is 9.23. The minimum Gasteiger partial charge on any atom is -0.376 e. The number of hydrogen-bond acceptors (Lipinski definition) is 3. The van der Waals surface area contributed by atoms with Gasteiger partial charge >= 0.3 is 0 Å². The molecule has 0 saturated carbocycles. The fourth-order valence-corrected chi connectivity index (χ4v) is 4.18. The van der Waals surface area contributed by atoms with E-state index in [1.54, 1.807) is 0 Å². The van der Waals surface area contributed by atoms with Crippen LogP contribution in [0.4, 0.5) is 5.69 Å². The molecule has 102 valence electrons. The van der Waals surface area contributed by atoms with Gasteiger partial charge in [0.2, 0.25) is 0 Å². The molecule has 0 spiro atoms. The Morgan fingerprint density at radius 3 is 2.45 bits per heavy atom. The van der Waals surface area contributed by atoms with Crippen LogP contribution < -0.4 is 5.32 Å². The SMILES string of the molecule is Ic1ccccc1NC(Cc1cccs1)c1cccs1. The Balaban J connectivity index is 1.84. The molecule has 3 rings (SSSR count). The largest absolute Gasteiger partial charge is 0.376 e. The maximum absolute atomic E-state index is 3.70. The molecule has 2 heterocycles. The van der Waals surface area contributed by atoms with E-state index in [4.69, 9.17) is 0 Å². The van der Waals surface area contributed by atoms with E-state index in [1.807, 2.05) is 22.7 Å². The maximum Gasteiger partial charge on any atom is 0.0655 e. The summed E-state index contributed by atoms with van der Waals surface area (Å²) in [6, 6.07) is 17.5. The van der Waals surface area contributed by atoms with Gasteiger partial charge < -0.3 is 5.32 Å². The van der Waals surface area contributed by atoms with Gasteiger partial charge in [0, 0.05) is 25.4 Å². The quantitative estimate of drug-likeness (QED) is 0.523. The predicted octanol–water partition coefficient (Wildman–Crippen LogP) is 5.81. The molecule has 0 bridgehead atoms. The highest BCUT2D eigenvalue weighted by Gasteiger charge is 2.15. The van der Waals surface area contributed by atoms with E-state index in [1.165, 1.54) is 19.0 Å². The van der Waals surface area contributed by atoms with Crippen molar-refractivity contribution in [2.24, 2.45) is 0 Å². The standard InChI is InChI=1S/C16H14INS2/c17-13-6-1-2-7-14(13)18-15(16-8-4-10-20-16)11-12-5-3-9-19-12/h1-10,15,18H,11H2. The minimum atomic E-state index is 0.338. The van der Waals surface area contributed by atoms with E-state index in [9.17, 15) is 0 Å². The van der Waals surface area contributed by atoms with Crippen LogP contribution in [0.1, 0.15) is 15.8 Å². The Morgan fingerprint density at radius 1 is 0.950 bits per heavy atom. The van der Waals surface area contributed by atoms with E-state index in [-0.39, 0.29) is 0 Å². The summed E-state index contributed by atoms with van der Waals surface area (Å²) in [6.45, 7) is 0. The predicted molar refractivity (Wildman–Crippen MR) is 97.9 cm³/mol. The Kier molecular flexibility index (Phi) is 4.75. The Labute approximate surface area is 140 Å². The average molecular weight is 411 g/mol. The summed E-state index contributed by atoms with van der Waals surface area (Å²) < 4.78 is 1.26. The van der Waals surface area contributed by atoms with Crippen molar-refractivity contribution in [2.45, 2.75) is 12.5 Å². The average Bonchev–Trinajstić information content (AvgIpc) is 3.12. The molecule has 0 saturated heterocycles. The molecule has 2 aromatic heterocycles. The second-order valence-electron chi connectivity index (χ2n) is 4.48. The molecule has 0 radical (unpaired) electrons. The van der Waals surface area contributed by atoms with Crippen molar-refractivity contribution in [3.63, 3.8) is 0 Å². The van der Waals surface area contributed by atoms with E-state index >= 15 is 0 Å². The number of anilines is 1. The molecule has 1 unspecified atom stereocenters. The van der Waals surface area contributed by atoms with Gasteiger partial charge in [-0.3, -0.25) is 0 Å². The number of para-hydroxylation sites is 1. The molecule has 20 heavy (non-hydrogen) atoms. The van der Waals surface area contributed by atoms with Crippen LogP contribution >= 0.6 is 45.3 Å². The number of rotatable bonds is 5. The minimum absolute atomic E-state index is 0.338. The first-order chi connectivity index (χ1) is 9.83. The zero-order valence-corrected chi connectivity index (χ0v) is 14.5. The van der Waals surface area contributed by atoms with E-state index < -0.39 is 0 Å². The van der Waals surface area contributed by atoms with Crippen LogP contribution in [0.25, 0.3) is 0 Å². The highest BCUT2D eigenvalue weighted by atomic mass is 127. The van der Waals surface area contributed by atoms with Crippen molar-refractivity contribution >= 4 is 51.0 Å².